The number of amides is 1. The molecule has 0 radical (unpaired) electrons. The summed E-state index contributed by atoms with van der Waals surface area (Å²) in [5.74, 6) is -0.121. The second kappa shape index (κ2) is 5.11. The Balaban J connectivity index is 2.89. The number of nitrogens with zero attached hydrogens (tertiary/aromatic N) is 1. The Bertz CT molecular complexity index is 355. The van der Waals surface area contributed by atoms with Gasteiger partial charge in [-0.25, -0.2) is 0 Å². The summed E-state index contributed by atoms with van der Waals surface area (Å²) in [5, 5.41) is 9.22. The number of ether oxygens (including phenoxy) is 1. The van der Waals surface area contributed by atoms with E-state index in [1.54, 1.807) is 18.7 Å². The summed E-state index contributed by atoms with van der Waals surface area (Å²) >= 11 is 4.94. The molecule has 1 rings (SSSR count). The molecule has 1 atom stereocenters. The van der Waals surface area contributed by atoms with Crippen LogP contribution in [0, 0.1) is 5.41 Å². The molecule has 6 heteroatoms. The van der Waals surface area contributed by atoms with Crippen LogP contribution in [0.2, 0.25) is 0 Å². The molecule has 1 aliphatic rings. The zero-order valence-electron chi connectivity index (χ0n) is 11.4. The van der Waals surface area contributed by atoms with E-state index in [4.69, 9.17) is 22.7 Å². The van der Waals surface area contributed by atoms with Gasteiger partial charge in [0, 0.05) is 13.1 Å². The quantitative estimate of drug-likeness (QED) is 0.724. The van der Waals surface area contributed by atoms with E-state index in [-0.39, 0.29) is 23.6 Å². The molecule has 1 amide bonds. The number of carbonyl (C=O) groups is 1. The number of hydrogen-bond acceptors (Lipinski definition) is 4. The lowest BCUT2D eigenvalue weighted by atomic mass is 9.90. The van der Waals surface area contributed by atoms with Crippen molar-refractivity contribution in [1.29, 1.82) is 0 Å². The van der Waals surface area contributed by atoms with Crippen LogP contribution in [-0.2, 0) is 9.53 Å². The van der Waals surface area contributed by atoms with Crippen molar-refractivity contribution in [3.63, 3.8) is 0 Å². The predicted molar refractivity (Wildman–Crippen MR) is 73.2 cm³/mol. The number of rotatable bonds is 3. The summed E-state index contributed by atoms with van der Waals surface area (Å²) in [6.45, 7) is 7.94. The van der Waals surface area contributed by atoms with E-state index in [1.807, 2.05) is 13.8 Å². The second-order valence-electron chi connectivity index (χ2n) is 5.86. The maximum atomic E-state index is 12.4. The van der Waals surface area contributed by atoms with E-state index in [1.165, 1.54) is 0 Å². The molecule has 0 aromatic heterocycles. The van der Waals surface area contributed by atoms with Crippen LogP contribution in [-0.4, -0.2) is 52.3 Å². The molecule has 1 saturated heterocycles. The number of aliphatic hydroxyl groups excluding tert-OH is 1. The van der Waals surface area contributed by atoms with Crippen LogP contribution >= 0.6 is 12.2 Å². The first kappa shape index (κ1) is 15.3. The fraction of sp³-hybridized carbons (Fsp3) is 0.833. The average Bonchev–Trinajstić information content (AvgIpc) is 2.25. The fourth-order valence-corrected chi connectivity index (χ4v) is 2.13. The molecule has 104 valence electrons. The largest absolute Gasteiger partial charge is 0.394 e. The minimum atomic E-state index is -0.872. The van der Waals surface area contributed by atoms with Gasteiger partial charge in [-0.15, -0.1) is 0 Å². The van der Waals surface area contributed by atoms with Gasteiger partial charge in [0.25, 0.3) is 0 Å². The molecular formula is C12H22N2O3S. The SMILES string of the molecule is CC1(C)CN(C(=O)C(C)(C)C(N)=S)CC(CO)O1. The summed E-state index contributed by atoms with van der Waals surface area (Å²) in [5.41, 5.74) is 4.27. The third-order valence-corrected chi connectivity index (χ3v) is 3.63. The maximum Gasteiger partial charge on any atom is 0.235 e. The highest BCUT2D eigenvalue weighted by Gasteiger charge is 2.41. The lowest BCUT2D eigenvalue weighted by Crippen LogP contribution is -2.59. The highest BCUT2D eigenvalue weighted by atomic mass is 32.1. The topological polar surface area (TPSA) is 75.8 Å². The van der Waals surface area contributed by atoms with Gasteiger partial charge in [-0.05, 0) is 27.7 Å². The van der Waals surface area contributed by atoms with Gasteiger partial charge in [0.15, 0.2) is 0 Å². The summed E-state index contributed by atoms with van der Waals surface area (Å²) in [6.07, 6.45) is -0.361. The Morgan fingerprint density at radius 3 is 2.61 bits per heavy atom. The molecule has 0 aliphatic carbocycles. The first-order valence-electron chi connectivity index (χ1n) is 5.98. The van der Waals surface area contributed by atoms with Gasteiger partial charge in [0.05, 0.1) is 28.7 Å². The molecule has 0 bridgehead atoms. The smallest absolute Gasteiger partial charge is 0.235 e. The third-order valence-electron chi connectivity index (χ3n) is 3.12. The van der Waals surface area contributed by atoms with E-state index in [9.17, 15) is 9.90 Å². The molecule has 5 nitrogen and oxygen atoms in total. The summed E-state index contributed by atoms with van der Waals surface area (Å²) < 4.78 is 5.67. The van der Waals surface area contributed by atoms with Crippen molar-refractivity contribution in [3.8, 4) is 0 Å². The van der Waals surface area contributed by atoms with Crippen molar-refractivity contribution in [2.24, 2.45) is 11.1 Å². The number of nitrogens with two attached hydrogens (primary N) is 1. The molecule has 1 aliphatic heterocycles. The van der Waals surface area contributed by atoms with Crippen molar-refractivity contribution < 1.29 is 14.6 Å². The van der Waals surface area contributed by atoms with E-state index in [0.717, 1.165) is 0 Å². The normalized spacial score (nSPS) is 23.8. The lowest BCUT2D eigenvalue weighted by Gasteiger charge is -2.44. The van der Waals surface area contributed by atoms with Gasteiger partial charge >= 0.3 is 0 Å². The summed E-state index contributed by atoms with van der Waals surface area (Å²) in [7, 11) is 0. The van der Waals surface area contributed by atoms with Gasteiger partial charge < -0.3 is 20.5 Å². The molecule has 0 aromatic carbocycles. The minimum absolute atomic E-state index is 0.110. The summed E-state index contributed by atoms with van der Waals surface area (Å²) in [6, 6.07) is 0. The molecule has 0 saturated carbocycles. The molecule has 1 heterocycles. The molecule has 0 spiro atoms. The maximum absolute atomic E-state index is 12.4. The molecule has 0 aromatic rings. The van der Waals surface area contributed by atoms with Crippen LogP contribution < -0.4 is 5.73 Å². The average molecular weight is 274 g/mol. The van der Waals surface area contributed by atoms with Crippen LogP contribution in [0.3, 0.4) is 0 Å². The molecule has 18 heavy (non-hydrogen) atoms. The zero-order chi connectivity index (χ0) is 14.1. The first-order valence-corrected chi connectivity index (χ1v) is 6.39. The number of aliphatic hydroxyl groups is 1. The minimum Gasteiger partial charge on any atom is -0.394 e. The molecular weight excluding hydrogens is 252 g/mol. The Morgan fingerprint density at radius 2 is 2.17 bits per heavy atom. The van der Waals surface area contributed by atoms with Gasteiger partial charge in [-0.2, -0.15) is 0 Å². The molecule has 1 unspecified atom stereocenters. The Labute approximate surface area is 113 Å². The number of hydrogen-bond donors (Lipinski definition) is 2. The van der Waals surface area contributed by atoms with Crippen molar-refractivity contribution in [2.45, 2.75) is 39.4 Å². The monoisotopic (exact) mass is 274 g/mol. The molecule has 3 N–H and O–H groups in total. The Morgan fingerprint density at radius 1 is 1.61 bits per heavy atom. The number of carbonyl (C=O) groups excluding carboxylic acids is 1. The second-order valence-corrected chi connectivity index (χ2v) is 6.30. The molecule has 1 fully saturated rings. The lowest BCUT2D eigenvalue weighted by molar-refractivity contribution is -0.170. The van der Waals surface area contributed by atoms with Gasteiger partial charge in [-0.3, -0.25) is 4.79 Å². The number of thiocarbonyl (C=S) groups is 1. The zero-order valence-corrected chi connectivity index (χ0v) is 12.2. The van der Waals surface area contributed by atoms with Crippen LogP contribution in [0.1, 0.15) is 27.7 Å². The van der Waals surface area contributed by atoms with Crippen LogP contribution in [0.25, 0.3) is 0 Å². The highest BCUT2D eigenvalue weighted by Crippen LogP contribution is 2.26. The van der Waals surface area contributed by atoms with Crippen LogP contribution in [0.15, 0.2) is 0 Å². The summed E-state index contributed by atoms with van der Waals surface area (Å²) in [4.78, 5) is 14.3. The van der Waals surface area contributed by atoms with Gasteiger partial charge in [0.1, 0.15) is 0 Å². The number of morpholine rings is 1. The highest BCUT2D eigenvalue weighted by molar-refractivity contribution is 7.80. The van der Waals surface area contributed by atoms with E-state index < -0.39 is 11.0 Å². The van der Waals surface area contributed by atoms with Gasteiger partial charge in [-0.1, -0.05) is 12.2 Å². The van der Waals surface area contributed by atoms with Gasteiger partial charge in [0.2, 0.25) is 5.91 Å². The van der Waals surface area contributed by atoms with Crippen LogP contribution in [0.4, 0.5) is 0 Å². The fourth-order valence-electron chi connectivity index (χ4n) is 2.05. The standard InChI is InChI=1S/C12H22N2O3S/c1-11(2)7-14(5-8(6-15)17-11)10(16)12(3,4)9(13)18/h8,15H,5-7H2,1-4H3,(H2,13,18). The van der Waals surface area contributed by atoms with Crippen molar-refractivity contribution in [3.05, 3.63) is 0 Å². The van der Waals surface area contributed by atoms with Crippen LogP contribution in [0.5, 0.6) is 0 Å². The van der Waals surface area contributed by atoms with Crippen molar-refractivity contribution >= 4 is 23.1 Å². The van der Waals surface area contributed by atoms with E-state index >= 15 is 0 Å². The Hall–Kier alpha value is -0.720. The predicted octanol–water partition coefficient (Wildman–Crippen LogP) is 0.297. The van der Waals surface area contributed by atoms with Crippen molar-refractivity contribution in [1.82, 2.24) is 4.90 Å². The first-order chi connectivity index (χ1) is 8.10. The van der Waals surface area contributed by atoms with Crippen molar-refractivity contribution in [2.75, 3.05) is 19.7 Å². The third kappa shape index (κ3) is 3.18. The van der Waals surface area contributed by atoms with E-state index in [2.05, 4.69) is 0 Å². The Kier molecular flexibility index (Phi) is 4.35. The van der Waals surface area contributed by atoms with E-state index in [0.29, 0.717) is 13.1 Å².